The van der Waals surface area contributed by atoms with Crippen molar-refractivity contribution in [1.29, 1.82) is 0 Å². The molecule has 0 aromatic heterocycles. The minimum absolute atomic E-state index is 0.0235. The standard InChI is InChI=1S/C15H22O2/c1-11(2)13-7-9-15(4,17)8-5-6-12(3)14(16)10-13/h6-7,9,13,17H,1,5,8,10H2,2-4H3/b9-7+,12-6-/t13-,15-/m1/s1. The van der Waals surface area contributed by atoms with Crippen LogP contribution < -0.4 is 0 Å². The summed E-state index contributed by atoms with van der Waals surface area (Å²) in [6, 6.07) is 0. The van der Waals surface area contributed by atoms with Crippen LogP contribution in [-0.4, -0.2) is 16.5 Å². The van der Waals surface area contributed by atoms with Gasteiger partial charge in [0, 0.05) is 12.3 Å². The zero-order valence-corrected chi connectivity index (χ0v) is 11.0. The minimum Gasteiger partial charge on any atom is -0.386 e. The summed E-state index contributed by atoms with van der Waals surface area (Å²) >= 11 is 0. The number of hydrogen-bond donors (Lipinski definition) is 1. The van der Waals surface area contributed by atoms with Gasteiger partial charge in [-0.15, -0.1) is 0 Å². The Morgan fingerprint density at radius 2 is 2.24 bits per heavy atom. The lowest BCUT2D eigenvalue weighted by Crippen LogP contribution is -2.22. The summed E-state index contributed by atoms with van der Waals surface area (Å²) < 4.78 is 0. The van der Waals surface area contributed by atoms with Gasteiger partial charge in [-0.3, -0.25) is 4.79 Å². The SMILES string of the molecule is C=C(C)[C@@H]1/C=C/[C@](C)(O)CC/C=C(/C)C(=O)C1. The Hall–Kier alpha value is -1.15. The van der Waals surface area contributed by atoms with Crippen LogP contribution in [0.25, 0.3) is 0 Å². The molecule has 1 aliphatic rings. The van der Waals surface area contributed by atoms with Crippen molar-refractivity contribution in [3.63, 3.8) is 0 Å². The first-order chi connectivity index (χ1) is 7.82. The fraction of sp³-hybridized carbons (Fsp3) is 0.533. The molecule has 17 heavy (non-hydrogen) atoms. The molecular formula is C15H22O2. The first-order valence-corrected chi connectivity index (χ1v) is 6.09. The molecule has 0 radical (unpaired) electrons. The van der Waals surface area contributed by atoms with Crippen molar-refractivity contribution >= 4 is 5.78 Å². The highest BCUT2D eigenvalue weighted by Crippen LogP contribution is 2.23. The highest BCUT2D eigenvalue weighted by molar-refractivity contribution is 5.95. The Labute approximate surface area is 104 Å². The highest BCUT2D eigenvalue weighted by atomic mass is 16.3. The Kier molecular flexibility index (Phi) is 4.47. The summed E-state index contributed by atoms with van der Waals surface area (Å²) in [5.41, 5.74) is 0.950. The van der Waals surface area contributed by atoms with Crippen LogP contribution in [0.15, 0.2) is 36.0 Å². The number of allylic oxidation sites excluding steroid dienone is 4. The molecule has 0 bridgehead atoms. The second-order valence-electron chi connectivity index (χ2n) is 5.22. The highest BCUT2D eigenvalue weighted by Gasteiger charge is 2.20. The topological polar surface area (TPSA) is 37.3 Å². The van der Waals surface area contributed by atoms with Crippen molar-refractivity contribution in [2.24, 2.45) is 5.92 Å². The largest absolute Gasteiger partial charge is 0.386 e. The van der Waals surface area contributed by atoms with E-state index in [2.05, 4.69) is 6.58 Å². The maximum Gasteiger partial charge on any atom is 0.159 e. The predicted molar refractivity (Wildman–Crippen MR) is 70.7 cm³/mol. The van der Waals surface area contributed by atoms with E-state index in [4.69, 9.17) is 0 Å². The van der Waals surface area contributed by atoms with Crippen molar-refractivity contribution in [2.45, 2.75) is 45.6 Å². The molecule has 2 nitrogen and oxygen atoms in total. The van der Waals surface area contributed by atoms with Crippen molar-refractivity contribution in [3.8, 4) is 0 Å². The molecule has 0 aromatic rings. The third-order valence-corrected chi connectivity index (χ3v) is 3.27. The molecule has 0 aromatic carbocycles. The van der Waals surface area contributed by atoms with Crippen LogP contribution in [0.3, 0.4) is 0 Å². The van der Waals surface area contributed by atoms with E-state index in [1.807, 2.05) is 26.0 Å². The summed E-state index contributed by atoms with van der Waals surface area (Å²) in [7, 11) is 0. The summed E-state index contributed by atoms with van der Waals surface area (Å²) in [4.78, 5) is 11.9. The summed E-state index contributed by atoms with van der Waals surface area (Å²) in [5.74, 6) is 0.194. The lowest BCUT2D eigenvalue weighted by Gasteiger charge is -2.21. The van der Waals surface area contributed by atoms with E-state index < -0.39 is 5.60 Å². The number of carbonyl (C=O) groups excluding carboxylic acids is 1. The van der Waals surface area contributed by atoms with E-state index >= 15 is 0 Å². The van der Waals surface area contributed by atoms with Gasteiger partial charge in [-0.25, -0.2) is 0 Å². The average molecular weight is 234 g/mol. The Balaban J connectivity index is 2.98. The smallest absolute Gasteiger partial charge is 0.159 e. The molecule has 1 rings (SSSR count). The number of carbonyl (C=O) groups is 1. The van der Waals surface area contributed by atoms with Gasteiger partial charge in [0.15, 0.2) is 5.78 Å². The molecule has 0 aliphatic heterocycles. The molecule has 0 amide bonds. The summed E-state index contributed by atoms with van der Waals surface area (Å²) in [6.45, 7) is 9.47. The molecule has 1 N–H and O–H groups in total. The Morgan fingerprint density at radius 3 is 2.82 bits per heavy atom. The molecule has 0 unspecified atom stereocenters. The first-order valence-electron chi connectivity index (χ1n) is 6.09. The van der Waals surface area contributed by atoms with Crippen molar-refractivity contribution in [2.75, 3.05) is 0 Å². The van der Waals surface area contributed by atoms with Crippen LogP contribution in [0.4, 0.5) is 0 Å². The number of Topliss-reactive ketones (excluding diaryl/α,β-unsaturated/α-hetero) is 1. The van der Waals surface area contributed by atoms with E-state index in [9.17, 15) is 9.90 Å². The second kappa shape index (κ2) is 5.46. The van der Waals surface area contributed by atoms with E-state index in [-0.39, 0.29) is 11.7 Å². The van der Waals surface area contributed by atoms with E-state index in [1.165, 1.54) is 0 Å². The number of aliphatic hydroxyl groups is 1. The lowest BCUT2D eigenvalue weighted by atomic mass is 9.88. The van der Waals surface area contributed by atoms with Crippen LogP contribution in [-0.2, 0) is 4.79 Å². The van der Waals surface area contributed by atoms with Gasteiger partial charge in [-0.2, -0.15) is 0 Å². The molecule has 1 aliphatic carbocycles. The molecule has 2 atom stereocenters. The zero-order valence-electron chi connectivity index (χ0n) is 11.0. The molecule has 0 saturated carbocycles. The van der Waals surface area contributed by atoms with E-state index in [0.717, 1.165) is 17.6 Å². The van der Waals surface area contributed by atoms with Gasteiger partial charge >= 0.3 is 0 Å². The lowest BCUT2D eigenvalue weighted by molar-refractivity contribution is -0.116. The van der Waals surface area contributed by atoms with E-state index in [0.29, 0.717) is 12.8 Å². The van der Waals surface area contributed by atoms with Crippen molar-refractivity contribution in [1.82, 2.24) is 0 Å². The normalized spacial score (nSPS) is 35.9. The number of rotatable bonds is 1. The molecule has 0 saturated heterocycles. The number of hydrogen-bond acceptors (Lipinski definition) is 2. The van der Waals surface area contributed by atoms with Crippen molar-refractivity contribution in [3.05, 3.63) is 36.0 Å². The molecule has 94 valence electrons. The molecule has 2 heteroatoms. The monoisotopic (exact) mass is 234 g/mol. The third-order valence-electron chi connectivity index (χ3n) is 3.27. The Morgan fingerprint density at radius 1 is 1.59 bits per heavy atom. The zero-order chi connectivity index (χ0) is 13.1. The Bertz CT molecular complexity index is 372. The van der Waals surface area contributed by atoms with Crippen molar-refractivity contribution < 1.29 is 9.90 Å². The van der Waals surface area contributed by atoms with E-state index in [1.54, 1.807) is 13.0 Å². The van der Waals surface area contributed by atoms with Gasteiger partial charge in [0.05, 0.1) is 5.60 Å². The molecule has 0 fully saturated rings. The predicted octanol–water partition coefficient (Wildman–Crippen LogP) is 3.19. The van der Waals surface area contributed by atoms with Gasteiger partial charge in [-0.1, -0.05) is 30.4 Å². The summed E-state index contributed by atoms with van der Waals surface area (Å²) in [5, 5.41) is 10.1. The first kappa shape index (κ1) is 13.9. The quantitative estimate of drug-likeness (QED) is 0.707. The fourth-order valence-corrected chi connectivity index (χ4v) is 1.87. The van der Waals surface area contributed by atoms with Crippen LogP contribution in [0.1, 0.15) is 40.0 Å². The van der Waals surface area contributed by atoms with Gasteiger partial charge in [-0.05, 0) is 39.2 Å². The maximum absolute atomic E-state index is 11.9. The van der Waals surface area contributed by atoms with Crippen LogP contribution in [0.5, 0.6) is 0 Å². The third kappa shape index (κ3) is 4.31. The fourth-order valence-electron chi connectivity index (χ4n) is 1.87. The minimum atomic E-state index is -0.801. The molecule has 0 spiro atoms. The van der Waals surface area contributed by atoms with Crippen LogP contribution >= 0.6 is 0 Å². The second-order valence-corrected chi connectivity index (χ2v) is 5.22. The number of ketones is 1. The van der Waals surface area contributed by atoms with Crippen LogP contribution in [0.2, 0.25) is 0 Å². The van der Waals surface area contributed by atoms with Gasteiger partial charge in [0.2, 0.25) is 0 Å². The van der Waals surface area contributed by atoms with Crippen LogP contribution in [0, 0.1) is 5.92 Å². The maximum atomic E-state index is 11.9. The van der Waals surface area contributed by atoms with Gasteiger partial charge in [0.1, 0.15) is 0 Å². The summed E-state index contributed by atoms with van der Waals surface area (Å²) in [6.07, 6.45) is 7.45. The molecule has 0 heterocycles. The van der Waals surface area contributed by atoms with Gasteiger partial charge in [0.25, 0.3) is 0 Å². The molecular weight excluding hydrogens is 212 g/mol. The average Bonchev–Trinajstić information content (AvgIpc) is 2.22. The van der Waals surface area contributed by atoms with Gasteiger partial charge < -0.3 is 5.11 Å².